The molecule has 0 aliphatic rings. The van der Waals surface area contributed by atoms with Gasteiger partial charge in [0.1, 0.15) is 6.10 Å². The van der Waals surface area contributed by atoms with E-state index in [0.717, 1.165) is 17.2 Å². The van der Waals surface area contributed by atoms with Crippen LogP contribution in [0.15, 0.2) is 43.2 Å². The van der Waals surface area contributed by atoms with Gasteiger partial charge in [0.15, 0.2) is 0 Å². The summed E-state index contributed by atoms with van der Waals surface area (Å²) in [6.07, 6.45) is 4.02. The van der Waals surface area contributed by atoms with Crippen molar-refractivity contribution in [2.75, 3.05) is 0 Å². The smallest absolute Gasteiger partial charge is 0.328 e. The van der Waals surface area contributed by atoms with E-state index in [4.69, 9.17) is 9.84 Å². The molecule has 3 heteroatoms. The van der Waals surface area contributed by atoms with Gasteiger partial charge in [-0.2, -0.15) is 0 Å². The molecule has 0 fully saturated rings. The van der Waals surface area contributed by atoms with Crippen LogP contribution in [-0.4, -0.2) is 11.1 Å². The maximum Gasteiger partial charge on any atom is 0.328 e. The number of carboxylic acid groups (broad SMARTS) is 1. The largest absolute Gasteiger partial charge is 0.494 e. The van der Waals surface area contributed by atoms with E-state index in [-0.39, 0.29) is 6.10 Å². The molecule has 0 aliphatic carbocycles. The molecule has 0 aromatic heterocycles. The van der Waals surface area contributed by atoms with Crippen LogP contribution in [0.5, 0.6) is 0 Å². The molecule has 1 unspecified atom stereocenters. The summed E-state index contributed by atoms with van der Waals surface area (Å²) in [6, 6.07) is 7.49. The van der Waals surface area contributed by atoms with Crippen LogP contribution >= 0.6 is 0 Å². The second-order valence-electron chi connectivity index (χ2n) is 3.28. The summed E-state index contributed by atoms with van der Waals surface area (Å²) in [4.78, 5) is 10.3. The van der Waals surface area contributed by atoms with Crippen molar-refractivity contribution in [2.45, 2.75) is 13.0 Å². The molecule has 1 rings (SSSR count). The van der Waals surface area contributed by atoms with E-state index in [1.54, 1.807) is 6.08 Å². The van der Waals surface area contributed by atoms with Crippen LogP contribution in [0.4, 0.5) is 0 Å². The van der Waals surface area contributed by atoms with Crippen LogP contribution in [0.2, 0.25) is 0 Å². The van der Waals surface area contributed by atoms with E-state index < -0.39 is 5.97 Å². The molecule has 0 radical (unpaired) electrons. The average Bonchev–Trinajstić information content (AvgIpc) is 2.27. The normalized spacial score (nSPS) is 12.3. The fourth-order valence-electron chi connectivity index (χ4n) is 1.27. The van der Waals surface area contributed by atoms with E-state index in [2.05, 4.69) is 6.58 Å². The van der Waals surface area contributed by atoms with Gasteiger partial charge in [-0.1, -0.05) is 30.8 Å². The second kappa shape index (κ2) is 5.75. The first-order valence-electron chi connectivity index (χ1n) is 4.91. The van der Waals surface area contributed by atoms with Gasteiger partial charge in [-0.3, -0.25) is 0 Å². The van der Waals surface area contributed by atoms with Gasteiger partial charge in [0, 0.05) is 6.08 Å². The first kappa shape index (κ1) is 12.0. The number of hydrogen-bond donors (Lipinski definition) is 1. The zero-order valence-electron chi connectivity index (χ0n) is 9.09. The van der Waals surface area contributed by atoms with Crippen molar-refractivity contribution >= 4 is 12.0 Å². The van der Waals surface area contributed by atoms with Gasteiger partial charge in [0.25, 0.3) is 0 Å². The number of rotatable bonds is 5. The van der Waals surface area contributed by atoms with Gasteiger partial charge in [0.05, 0.1) is 6.26 Å². The van der Waals surface area contributed by atoms with Gasteiger partial charge in [-0.05, 0) is 24.1 Å². The number of ether oxygens (including phenoxy) is 1. The van der Waals surface area contributed by atoms with Gasteiger partial charge in [-0.15, -0.1) is 0 Å². The fraction of sp³-hybridized carbons (Fsp3) is 0.154. The molecular weight excluding hydrogens is 204 g/mol. The molecule has 0 aliphatic heterocycles. The quantitative estimate of drug-likeness (QED) is 0.610. The summed E-state index contributed by atoms with van der Waals surface area (Å²) in [5.41, 5.74) is 1.87. The minimum absolute atomic E-state index is 0.0463. The van der Waals surface area contributed by atoms with Gasteiger partial charge in [0.2, 0.25) is 0 Å². The molecule has 0 bridgehead atoms. The Hall–Kier alpha value is -2.03. The predicted molar refractivity (Wildman–Crippen MR) is 62.8 cm³/mol. The topological polar surface area (TPSA) is 46.5 Å². The minimum atomic E-state index is -0.951. The lowest BCUT2D eigenvalue weighted by molar-refractivity contribution is -0.131. The third-order valence-electron chi connectivity index (χ3n) is 2.12. The van der Waals surface area contributed by atoms with Gasteiger partial charge < -0.3 is 9.84 Å². The van der Waals surface area contributed by atoms with Crippen LogP contribution in [0, 0.1) is 0 Å². The highest BCUT2D eigenvalue weighted by molar-refractivity contribution is 5.85. The van der Waals surface area contributed by atoms with Crippen LogP contribution in [0.25, 0.3) is 6.08 Å². The van der Waals surface area contributed by atoms with Crippen LogP contribution in [-0.2, 0) is 9.53 Å². The predicted octanol–water partition coefficient (Wildman–Crippen LogP) is 3.01. The molecule has 1 N–H and O–H groups in total. The van der Waals surface area contributed by atoms with Crippen molar-refractivity contribution < 1.29 is 14.6 Å². The SMILES string of the molecule is C=COC(C)c1ccc(C=CC(=O)O)cc1. The Morgan fingerprint density at radius 1 is 1.44 bits per heavy atom. The molecular formula is C13H14O3. The third-order valence-corrected chi connectivity index (χ3v) is 2.12. The maximum absolute atomic E-state index is 10.3. The van der Waals surface area contributed by atoms with E-state index in [9.17, 15) is 4.79 Å². The Kier molecular flexibility index (Phi) is 4.33. The first-order chi connectivity index (χ1) is 7.63. The Balaban J connectivity index is 2.74. The summed E-state index contributed by atoms with van der Waals surface area (Å²) >= 11 is 0. The van der Waals surface area contributed by atoms with E-state index in [1.807, 2.05) is 31.2 Å². The summed E-state index contributed by atoms with van der Waals surface area (Å²) in [5, 5.41) is 8.47. The Morgan fingerprint density at radius 2 is 2.06 bits per heavy atom. The summed E-state index contributed by atoms with van der Waals surface area (Å²) in [7, 11) is 0. The van der Waals surface area contributed by atoms with Crippen molar-refractivity contribution in [3.63, 3.8) is 0 Å². The Labute approximate surface area is 94.7 Å². The van der Waals surface area contributed by atoms with Crippen molar-refractivity contribution in [1.82, 2.24) is 0 Å². The van der Waals surface area contributed by atoms with Crippen LogP contribution < -0.4 is 0 Å². The zero-order valence-corrected chi connectivity index (χ0v) is 9.09. The highest BCUT2D eigenvalue weighted by atomic mass is 16.5. The molecule has 0 saturated carbocycles. The number of benzene rings is 1. The first-order valence-corrected chi connectivity index (χ1v) is 4.91. The van der Waals surface area contributed by atoms with Gasteiger partial charge >= 0.3 is 5.97 Å². The maximum atomic E-state index is 10.3. The molecule has 0 spiro atoms. The molecule has 0 heterocycles. The molecule has 0 saturated heterocycles. The lowest BCUT2D eigenvalue weighted by atomic mass is 10.1. The van der Waals surface area contributed by atoms with Crippen molar-refractivity contribution in [2.24, 2.45) is 0 Å². The summed E-state index contributed by atoms with van der Waals surface area (Å²) in [6.45, 7) is 5.41. The number of carboxylic acids is 1. The number of hydrogen-bond acceptors (Lipinski definition) is 2. The monoisotopic (exact) mass is 218 g/mol. The standard InChI is InChI=1S/C13H14O3/c1-3-16-10(2)12-7-4-11(5-8-12)6-9-13(14)15/h3-10H,1H2,2H3,(H,14,15). The molecule has 0 amide bonds. The van der Waals surface area contributed by atoms with Crippen LogP contribution in [0.1, 0.15) is 24.2 Å². The minimum Gasteiger partial charge on any atom is -0.494 e. The van der Waals surface area contributed by atoms with Crippen molar-refractivity contribution in [3.8, 4) is 0 Å². The molecule has 1 aromatic carbocycles. The molecule has 3 nitrogen and oxygen atoms in total. The molecule has 1 atom stereocenters. The summed E-state index contributed by atoms with van der Waals surface area (Å²) in [5.74, 6) is -0.951. The van der Waals surface area contributed by atoms with Crippen LogP contribution in [0.3, 0.4) is 0 Å². The van der Waals surface area contributed by atoms with Crippen molar-refractivity contribution in [3.05, 3.63) is 54.3 Å². The fourth-order valence-corrected chi connectivity index (χ4v) is 1.27. The summed E-state index contributed by atoms with van der Waals surface area (Å²) < 4.78 is 5.22. The Morgan fingerprint density at radius 3 is 2.56 bits per heavy atom. The highest BCUT2D eigenvalue weighted by Crippen LogP contribution is 2.17. The van der Waals surface area contributed by atoms with E-state index in [1.165, 1.54) is 6.26 Å². The highest BCUT2D eigenvalue weighted by Gasteiger charge is 2.03. The molecule has 84 valence electrons. The lowest BCUT2D eigenvalue weighted by Gasteiger charge is -2.11. The third kappa shape index (κ3) is 3.61. The number of aliphatic carboxylic acids is 1. The molecule has 16 heavy (non-hydrogen) atoms. The zero-order chi connectivity index (χ0) is 12.0. The molecule has 1 aromatic rings. The van der Waals surface area contributed by atoms with E-state index >= 15 is 0 Å². The number of carbonyl (C=O) groups is 1. The van der Waals surface area contributed by atoms with Gasteiger partial charge in [-0.25, -0.2) is 4.79 Å². The average molecular weight is 218 g/mol. The Bertz CT molecular complexity index is 390. The van der Waals surface area contributed by atoms with E-state index in [0.29, 0.717) is 0 Å². The lowest BCUT2D eigenvalue weighted by Crippen LogP contribution is -1.94. The second-order valence-corrected chi connectivity index (χ2v) is 3.28. The van der Waals surface area contributed by atoms with Crippen molar-refractivity contribution in [1.29, 1.82) is 0 Å².